The number of phosphoric ester groups is 2. The first-order valence-corrected chi connectivity index (χ1v) is 38.8. The molecule has 0 amide bonds. The molecule has 2 unspecified atom stereocenters. The molecule has 0 saturated heterocycles. The Morgan fingerprint density at radius 2 is 0.523 bits per heavy atom. The van der Waals surface area contributed by atoms with E-state index in [1.807, 2.05) is 0 Å². The van der Waals surface area contributed by atoms with Crippen molar-refractivity contribution in [2.45, 2.75) is 362 Å². The fraction of sp³-hybridized carbons (Fsp3) is 0.942. The lowest BCUT2D eigenvalue weighted by Gasteiger charge is -2.21. The van der Waals surface area contributed by atoms with Gasteiger partial charge in [0.25, 0.3) is 0 Å². The lowest BCUT2D eigenvalue weighted by molar-refractivity contribution is -0.161. The van der Waals surface area contributed by atoms with E-state index in [1.54, 1.807) is 0 Å². The molecule has 5 atom stereocenters. The van der Waals surface area contributed by atoms with Gasteiger partial charge in [-0.15, -0.1) is 0 Å². The van der Waals surface area contributed by atoms with E-state index in [2.05, 4.69) is 48.5 Å². The summed E-state index contributed by atoms with van der Waals surface area (Å²) in [7, 11) is -9.90. The lowest BCUT2D eigenvalue weighted by atomic mass is 10.0. The summed E-state index contributed by atoms with van der Waals surface area (Å²) in [6, 6.07) is 0. The first-order chi connectivity index (χ1) is 42.2. The second kappa shape index (κ2) is 60.0. The molecule has 0 fully saturated rings. The fourth-order valence-electron chi connectivity index (χ4n) is 10.4. The molecule has 0 aromatic carbocycles. The van der Waals surface area contributed by atoms with Gasteiger partial charge in [-0.3, -0.25) is 37.3 Å². The Labute approximate surface area is 537 Å². The van der Waals surface area contributed by atoms with Gasteiger partial charge in [0.1, 0.15) is 19.3 Å². The summed E-state index contributed by atoms with van der Waals surface area (Å²) in [6.45, 7) is 11.8. The Morgan fingerprint density at radius 1 is 0.307 bits per heavy atom. The van der Waals surface area contributed by atoms with Crippen LogP contribution in [0.2, 0.25) is 0 Å². The van der Waals surface area contributed by atoms with Gasteiger partial charge in [0.2, 0.25) is 0 Å². The third-order valence-electron chi connectivity index (χ3n) is 15.9. The summed E-state index contributed by atoms with van der Waals surface area (Å²) in [5.74, 6) is 0.0791. The maximum absolute atomic E-state index is 13.0. The van der Waals surface area contributed by atoms with Gasteiger partial charge in [0, 0.05) is 25.7 Å². The zero-order valence-corrected chi connectivity index (χ0v) is 59.0. The SMILES string of the molecule is CCCCCCCCCCCCCCCC(=O)O[C@H](COC(=O)CCCCCCCCCCCC(C)C)COP(=O)(O)OC[C@@H](O)COP(=O)(O)OC[C@@H](COC(=O)CCCCCCCCCCC(C)C)OC(=O)CCCCCCCCCCCC(C)C. The maximum atomic E-state index is 13.0. The Balaban J connectivity index is 5.26. The van der Waals surface area contributed by atoms with Crippen LogP contribution in [0.1, 0.15) is 344 Å². The van der Waals surface area contributed by atoms with E-state index in [9.17, 15) is 43.2 Å². The molecule has 19 heteroatoms. The number of aliphatic hydroxyl groups excluding tert-OH is 1. The van der Waals surface area contributed by atoms with Crippen LogP contribution in [0.25, 0.3) is 0 Å². The van der Waals surface area contributed by atoms with Crippen LogP contribution in [0.15, 0.2) is 0 Å². The van der Waals surface area contributed by atoms with E-state index in [0.29, 0.717) is 25.7 Å². The number of carbonyl (C=O) groups is 4. The van der Waals surface area contributed by atoms with Gasteiger partial charge in [-0.25, -0.2) is 9.13 Å². The summed E-state index contributed by atoms with van der Waals surface area (Å²) in [6.07, 6.45) is 43.0. The van der Waals surface area contributed by atoms with Gasteiger partial charge in [-0.05, 0) is 43.4 Å². The summed E-state index contributed by atoms with van der Waals surface area (Å²) in [4.78, 5) is 72.5. The van der Waals surface area contributed by atoms with Crippen LogP contribution >= 0.6 is 15.6 Å². The van der Waals surface area contributed by atoms with Crippen molar-refractivity contribution in [3.63, 3.8) is 0 Å². The molecule has 0 saturated carbocycles. The van der Waals surface area contributed by atoms with Gasteiger partial charge < -0.3 is 33.8 Å². The van der Waals surface area contributed by atoms with Gasteiger partial charge in [-0.1, -0.05) is 292 Å². The molecule has 0 aliphatic heterocycles. The van der Waals surface area contributed by atoms with E-state index < -0.39 is 97.5 Å². The average molecular weight is 1300 g/mol. The third-order valence-corrected chi connectivity index (χ3v) is 17.8. The van der Waals surface area contributed by atoms with Crippen LogP contribution in [0.5, 0.6) is 0 Å². The van der Waals surface area contributed by atoms with E-state index in [4.69, 9.17) is 37.0 Å². The molecule has 0 aliphatic carbocycles. The van der Waals surface area contributed by atoms with E-state index in [0.717, 1.165) is 108 Å². The number of esters is 4. The average Bonchev–Trinajstić information content (AvgIpc) is 3.48. The Hall–Kier alpha value is -1.94. The zero-order chi connectivity index (χ0) is 65.2. The predicted octanol–water partition coefficient (Wildman–Crippen LogP) is 19.5. The van der Waals surface area contributed by atoms with Crippen LogP contribution in [0.4, 0.5) is 0 Å². The standard InChI is InChI=1S/C69H134O17P2/c1-8-9-10-11-12-13-14-15-16-21-31-38-45-52-68(73)85-64(56-79-66(71)50-43-36-29-22-17-19-26-33-40-47-60(2)3)58-83-87(75,76)81-54-63(70)55-82-88(77,78)84-59-65(57-80-67(72)51-44-37-30-25-24-28-35-42-49-62(6)7)86-69(74)53-46-39-32-23-18-20-27-34-41-48-61(4)5/h60-65,70H,8-59H2,1-7H3,(H,75,76)(H,77,78)/t63-,64-,65-/m1/s1. The van der Waals surface area contributed by atoms with E-state index in [-0.39, 0.29) is 25.7 Å². The lowest BCUT2D eigenvalue weighted by Crippen LogP contribution is -2.30. The largest absolute Gasteiger partial charge is 0.472 e. The number of unbranched alkanes of at least 4 members (excludes halogenated alkanes) is 35. The molecule has 0 spiro atoms. The molecule has 88 heavy (non-hydrogen) atoms. The molecule has 0 aromatic heterocycles. The number of ether oxygens (including phenoxy) is 4. The highest BCUT2D eigenvalue weighted by Gasteiger charge is 2.30. The summed E-state index contributed by atoms with van der Waals surface area (Å²) >= 11 is 0. The first kappa shape index (κ1) is 86.1. The minimum Gasteiger partial charge on any atom is -0.462 e. The smallest absolute Gasteiger partial charge is 0.462 e. The third kappa shape index (κ3) is 62.8. The monoisotopic (exact) mass is 1300 g/mol. The molecule has 0 radical (unpaired) electrons. The molecule has 0 heterocycles. The van der Waals surface area contributed by atoms with Gasteiger partial charge >= 0.3 is 39.5 Å². The van der Waals surface area contributed by atoms with Crippen LogP contribution in [-0.4, -0.2) is 96.7 Å². The van der Waals surface area contributed by atoms with Crippen molar-refractivity contribution in [2.75, 3.05) is 39.6 Å². The highest BCUT2D eigenvalue weighted by molar-refractivity contribution is 7.47. The van der Waals surface area contributed by atoms with Crippen molar-refractivity contribution in [3.05, 3.63) is 0 Å². The molecule has 0 aromatic rings. The Morgan fingerprint density at radius 3 is 0.773 bits per heavy atom. The number of carbonyl (C=O) groups excluding carboxylic acids is 4. The summed E-state index contributed by atoms with van der Waals surface area (Å²) < 4.78 is 68.2. The van der Waals surface area contributed by atoms with Crippen LogP contribution in [0.3, 0.4) is 0 Å². The van der Waals surface area contributed by atoms with Gasteiger partial charge in [0.05, 0.1) is 26.4 Å². The second-order valence-corrected chi connectivity index (χ2v) is 29.3. The minimum atomic E-state index is -4.95. The minimum absolute atomic E-state index is 0.104. The predicted molar refractivity (Wildman–Crippen MR) is 354 cm³/mol. The van der Waals surface area contributed by atoms with Crippen molar-refractivity contribution < 1.29 is 80.2 Å². The van der Waals surface area contributed by atoms with Crippen LogP contribution in [0, 0.1) is 17.8 Å². The van der Waals surface area contributed by atoms with Crippen molar-refractivity contribution in [1.82, 2.24) is 0 Å². The summed E-state index contributed by atoms with van der Waals surface area (Å²) in [5, 5.41) is 10.6. The van der Waals surface area contributed by atoms with E-state index >= 15 is 0 Å². The second-order valence-electron chi connectivity index (χ2n) is 26.3. The fourth-order valence-corrected chi connectivity index (χ4v) is 11.9. The molecule has 3 N–H and O–H groups in total. The van der Waals surface area contributed by atoms with Crippen molar-refractivity contribution >= 4 is 39.5 Å². The van der Waals surface area contributed by atoms with Crippen molar-refractivity contribution in [3.8, 4) is 0 Å². The molecule has 17 nitrogen and oxygen atoms in total. The van der Waals surface area contributed by atoms with Gasteiger partial charge in [0.15, 0.2) is 12.2 Å². The maximum Gasteiger partial charge on any atom is 0.472 e. The van der Waals surface area contributed by atoms with Crippen LogP contribution < -0.4 is 0 Å². The highest BCUT2D eigenvalue weighted by Crippen LogP contribution is 2.45. The molecule has 0 rings (SSSR count). The topological polar surface area (TPSA) is 237 Å². The molecular formula is C69H134O17P2. The normalized spacial score (nSPS) is 14.2. The zero-order valence-electron chi connectivity index (χ0n) is 57.2. The first-order valence-electron chi connectivity index (χ1n) is 35.8. The number of rotatable bonds is 67. The molecule has 0 aliphatic rings. The van der Waals surface area contributed by atoms with E-state index in [1.165, 1.54) is 154 Å². The van der Waals surface area contributed by atoms with Crippen LogP contribution in [-0.2, 0) is 65.4 Å². The quantitative estimate of drug-likeness (QED) is 0.0222. The Kier molecular flexibility index (Phi) is 58.7. The van der Waals surface area contributed by atoms with Crippen molar-refractivity contribution in [2.24, 2.45) is 17.8 Å². The Bertz CT molecular complexity index is 1730. The van der Waals surface area contributed by atoms with Crippen molar-refractivity contribution in [1.29, 1.82) is 0 Å². The summed E-state index contributed by atoms with van der Waals surface area (Å²) in [5.41, 5.74) is 0. The molecule has 0 bridgehead atoms. The highest BCUT2D eigenvalue weighted by atomic mass is 31.2. The van der Waals surface area contributed by atoms with Gasteiger partial charge in [-0.2, -0.15) is 0 Å². The molecular weight excluding hydrogens is 1160 g/mol. The molecule has 522 valence electrons. The number of hydrogen-bond acceptors (Lipinski definition) is 15. The number of hydrogen-bond donors (Lipinski definition) is 3. The number of aliphatic hydroxyl groups is 1. The number of phosphoric acid groups is 2.